The first-order valence-electron chi connectivity index (χ1n) is 5.10. The first-order valence-corrected chi connectivity index (χ1v) is 7.10. The van der Waals surface area contributed by atoms with Crippen LogP contribution >= 0.6 is 27.3 Å². The van der Waals surface area contributed by atoms with Crippen molar-refractivity contribution in [3.8, 4) is 0 Å². The molecule has 1 aliphatic heterocycles. The summed E-state index contributed by atoms with van der Waals surface area (Å²) in [5, 5.41) is 4.06. The molecule has 2 atom stereocenters. The van der Waals surface area contributed by atoms with Gasteiger partial charge in [-0.1, -0.05) is 15.9 Å². The Hall–Kier alpha value is -0.130. The van der Waals surface area contributed by atoms with Crippen LogP contribution in [0.2, 0.25) is 0 Å². The molecule has 0 aromatic carbocycles. The lowest BCUT2D eigenvalue weighted by atomic mass is 10.2. The summed E-state index contributed by atoms with van der Waals surface area (Å²) in [4.78, 5) is 6.88. The predicted octanol–water partition coefficient (Wildman–Crippen LogP) is 2.65. The Morgan fingerprint density at radius 1 is 1.53 bits per heavy atom. The van der Waals surface area contributed by atoms with E-state index >= 15 is 0 Å². The van der Waals surface area contributed by atoms with Crippen molar-refractivity contribution in [3.05, 3.63) is 11.1 Å². The van der Waals surface area contributed by atoms with Crippen LogP contribution in [-0.2, 0) is 10.1 Å². The van der Waals surface area contributed by atoms with Crippen LogP contribution in [0.15, 0.2) is 5.38 Å². The number of hydrogen-bond acceptors (Lipinski definition) is 4. The standard InChI is InChI=1S/C10H15BrN2OS/c1-7-4-13(5-8(2)14-7)10-12-9(3-11)6-15-10/h6-8H,3-5H2,1-2H3. The van der Waals surface area contributed by atoms with E-state index in [1.165, 1.54) is 0 Å². The van der Waals surface area contributed by atoms with E-state index in [-0.39, 0.29) is 0 Å². The number of nitrogens with zero attached hydrogens (tertiary/aromatic N) is 2. The fourth-order valence-corrected chi connectivity index (χ4v) is 3.18. The summed E-state index contributed by atoms with van der Waals surface area (Å²) in [6.45, 7) is 6.11. The maximum Gasteiger partial charge on any atom is 0.185 e. The number of halogens is 1. The number of aromatic nitrogens is 1. The molecule has 3 nitrogen and oxygen atoms in total. The lowest BCUT2D eigenvalue weighted by molar-refractivity contribution is -0.00523. The molecule has 1 aliphatic rings. The Balaban J connectivity index is 2.09. The van der Waals surface area contributed by atoms with Gasteiger partial charge < -0.3 is 9.64 Å². The molecule has 84 valence electrons. The highest BCUT2D eigenvalue weighted by atomic mass is 79.9. The van der Waals surface area contributed by atoms with Gasteiger partial charge in [-0.15, -0.1) is 11.3 Å². The Labute approximate surface area is 103 Å². The summed E-state index contributed by atoms with van der Waals surface area (Å²) in [6.07, 6.45) is 0.593. The van der Waals surface area contributed by atoms with Gasteiger partial charge >= 0.3 is 0 Å². The van der Waals surface area contributed by atoms with E-state index < -0.39 is 0 Å². The normalized spacial score (nSPS) is 27.0. The van der Waals surface area contributed by atoms with E-state index in [0.29, 0.717) is 12.2 Å². The summed E-state index contributed by atoms with van der Waals surface area (Å²) in [5.41, 5.74) is 1.11. The first kappa shape index (κ1) is 11.4. The fraction of sp³-hybridized carbons (Fsp3) is 0.700. The highest BCUT2D eigenvalue weighted by Gasteiger charge is 2.23. The molecule has 0 amide bonds. The highest BCUT2D eigenvalue weighted by molar-refractivity contribution is 9.08. The van der Waals surface area contributed by atoms with Crippen molar-refractivity contribution in [2.45, 2.75) is 31.4 Å². The molecule has 1 fully saturated rings. The molecule has 1 aromatic heterocycles. The maximum atomic E-state index is 5.70. The summed E-state index contributed by atoms with van der Waals surface area (Å²) in [6, 6.07) is 0. The van der Waals surface area contributed by atoms with E-state index in [4.69, 9.17) is 4.74 Å². The summed E-state index contributed by atoms with van der Waals surface area (Å²) in [7, 11) is 0. The minimum Gasteiger partial charge on any atom is -0.372 e. The molecule has 2 unspecified atom stereocenters. The topological polar surface area (TPSA) is 25.4 Å². The summed E-state index contributed by atoms with van der Waals surface area (Å²) < 4.78 is 5.70. The number of anilines is 1. The predicted molar refractivity (Wildman–Crippen MR) is 67.0 cm³/mol. The molecular formula is C10H15BrN2OS. The third kappa shape index (κ3) is 2.71. The molecule has 0 saturated carbocycles. The zero-order valence-corrected chi connectivity index (χ0v) is 11.3. The van der Waals surface area contributed by atoms with Gasteiger partial charge in [-0.25, -0.2) is 4.98 Å². The first-order chi connectivity index (χ1) is 7.19. The Bertz CT molecular complexity index is 321. The van der Waals surface area contributed by atoms with Crippen molar-refractivity contribution in [3.63, 3.8) is 0 Å². The Morgan fingerprint density at radius 3 is 2.73 bits per heavy atom. The second-order valence-electron chi connectivity index (χ2n) is 3.92. The Kier molecular flexibility index (Phi) is 3.64. The number of ether oxygens (including phenoxy) is 1. The zero-order valence-electron chi connectivity index (χ0n) is 8.94. The quantitative estimate of drug-likeness (QED) is 0.783. The van der Waals surface area contributed by atoms with E-state index in [2.05, 4.69) is 45.0 Å². The van der Waals surface area contributed by atoms with Gasteiger partial charge in [0.1, 0.15) is 0 Å². The number of thiazole rings is 1. The molecular weight excluding hydrogens is 276 g/mol. The lowest BCUT2D eigenvalue weighted by Gasteiger charge is -2.35. The van der Waals surface area contributed by atoms with Crippen LogP contribution in [0.4, 0.5) is 5.13 Å². The van der Waals surface area contributed by atoms with Crippen molar-refractivity contribution in [1.82, 2.24) is 4.98 Å². The molecule has 0 N–H and O–H groups in total. The molecule has 0 aliphatic carbocycles. The van der Waals surface area contributed by atoms with Gasteiger partial charge in [0, 0.05) is 23.8 Å². The molecule has 15 heavy (non-hydrogen) atoms. The van der Waals surface area contributed by atoms with E-state index in [9.17, 15) is 0 Å². The van der Waals surface area contributed by atoms with Crippen molar-refractivity contribution in [1.29, 1.82) is 0 Å². The van der Waals surface area contributed by atoms with Crippen LogP contribution in [-0.4, -0.2) is 30.3 Å². The summed E-state index contributed by atoms with van der Waals surface area (Å²) >= 11 is 5.13. The molecule has 1 aromatic rings. The van der Waals surface area contributed by atoms with Gasteiger partial charge in [-0.3, -0.25) is 0 Å². The molecule has 2 heterocycles. The van der Waals surface area contributed by atoms with Crippen LogP contribution in [0.25, 0.3) is 0 Å². The van der Waals surface area contributed by atoms with Crippen LogP contribution < -0.4 is 4.90 Å². The van der Waals surface area contributed by atoms with Crippen LogP contribution in [0.3, 0.4) is 0 Å². The smallest absolute Gasteiger partial charge is 0.185 e. The fourth-order valence-electron chi connectivity index (χ4n) is 1.84. The molecule has 0 bridgehead atoms. The molecule has 1 saturated heterocycles. The van der Waals surface area contributed by atoms with E-state index in [0.717, 1.165) is 29.2 Å². The van der Waals surface area contributed by atoms with Gasteiger partial charge in [0.05, 0.1) is 17.9 Å². The number of rotatable bonds is 2. The van der Waals surface area contributed by atoms with Gasteiger partial charge in [0.2, 0.25) is 0 Å². The third-order valence-electron chi connectivity index (χ3n) is 2.37. The molecule has 0 spiro atoms. The van der Waals surface area contributed by atoms with Crippen molar-refractivity contribution >= 4 is 32.4 Å². The van der Waals surface area contributed by atoms with E-state index in [1.807, 2.05) is 0 Å². The average Bonchev–Trinajstić information content (AvgIpc) is 2.64. The van der Waals surface area contributed by atoms with Crippen LogP contribution in [0.1, 0.15) is 19.5 Å². The average molecular weight is 291 g/mol. The van der Waals surface area contributed by atoms with Gasteiger partial charge in [0.15, 0.2) is 5.13 Å². The van der Waals surface area contributed by atoms with Crippen molar-refractivity contribution in [2.75, 3.05) is 18.0 Å². The number of alkyl halides is 1. The number of morpholine rings is 1. The summed E-state index contributed by atoms with van der Waals surface area (Å²) in [5.74, 6) is 0. The molecule has 5 heteroatoms. The van der Waals surface area contributed by atoms with Crippen molar-refractivity contribution in [2.24, 2.45) is 0 Å². The monoisotopic (exact) mass is 290 g/mol. The van der Waals surface area contributed by atoms with Crippen LogP contribution in [0, 0.1) is 0 Å². The van der Waals surface area contributed by atoms with Crippen LogP contribution in [0.5, 0.6) is 0 Å². The lowest BCUT2D eigenvalue weighted by Crippen LogP contribution is -2.45. The van der Waals surface area contributed by atoms with Crippen molar-refractivity contribution < 1.29 is 4.74 Å². The van der Waals surface area contributed by atoms with Gasteiger partial charge in [-0.2, -0.15) is 0 Å². The third-order valence-corrected chi connectivity index (χ3v) is 3.89. The molecule has 2 rings (SSSR count). The second-order valence-corrected chi connectivity index (χ2v) is 5.31. The largest absolute Gasteiger partial charge is 0.372 e. The number of hydrogen-bond donors (Lipinski definition) is 0. The minimum absolute atomic E-state index is 0.296. The zero-order chi connectivity index (χ0) is 10.8. The maximum absolute atomic E-state index is 5.70. The minimum atomic E-state index is 0.296. The molecule has 0 radical (unpaired) electrons. The Morgan fingerprint density at radius 2 is 2.20 bits per heavy atom. The van der Waals surface area contributed by atoms with Gasteiger partial charge in [0.25, 0.3) is 0 Å². The van der Waals surface area contributed by atoms with Gasteiger partial charge in [-0.05, 0) is 13.8 Å². The SMILES string of the molecule is CC1CN(c2nc(CBr)cs2)CC(C)O1. The second kappa shape index (κ2) is 4.80. The highest BCUT2D eigenvalue weighted by Crippen LogP contribution is 2.25. The van der Waals surface area contributed by atoms with E-state index in [1.54, 1.807) is 11.3 Å².